The van der Waals surface area contributed by atoms with Crippen molar-refractivity contribution in [2.75, 3.05) is 17.2 Å². The Morgan fingerprint density at radius 3 is 2.95 bits per heavy atom. The van der Waals surface area contributed by atoms with Crippen LogP contribution in [0.4, 0.5) is 15.8 Å². The van der Waals surface area contributed by atoms with Gasteiger partial charge in [0.1, 0.15) is 5.69 Å². The summed E-state index contributed by atoms with van der Waals surface area (Å²) < 4.78 is 13.7. The van der Waals surface area contributed by atoms with Crippen molar-refractivity contribution < 1.29 is 9.18 Å². The molecule has 2 N–H and O–H groups in total. The molecule has 4 nitrogen and oxygen atoms in total. The first kappa shape index (κ1) is 15.3. The first-order chi connectivity index (χ1) is 10.1. The summed E-state index contributed by atoms with van der Waals surface area (Å²) in [6, 6.07) is 7.81. The monoisotopic (exact) mass is 307 g/mol. The maximum absolute atomic E-state index is 13.7. The van der Waals surface area contributed by atoms with Crippen LogP contribution in [0.25, 0.3) is 0 Å². The molecule has 0 saturated carbocycles. The summed E-state index contributed by atoms with van der Waals surface area (Å²) in [6.07, 6.45) is 2.50. The van der Waals surface area contributed by atoms with Crippen molar-refractivity contribution in [3.8, 4) is 0 Å². The number of nitrogens with zero attached hydrogens (tertiary/aromatic N) is 1. The van der Waals surface area contributed by atoms with E-state index in [4.69, 9.17) is 11.6 Å². The molecule has 2 rings (SSSR count). The topological polar surface area (TPSA) is 54.0 Å². The summed E-state index contributed by atoms with van der Waals surface area (Å²) in [5, 5.41) is 5.58. The molecule has 0 saturated heterocycles. The molecule has 1 heterocycles. The minimum atomic E-state index is -0.659. The van der Waals surface area contributed by atoms with Gasteiger partial charge in [-0.05, 0) is 30.7 Å². The number of amides is 1. The highest BCUT2D eigenvalue weighted by Crippen LogP contribution is 2.22. The number of hydrogen-bond acceptors (Lipinski definition) is 3. The summed E-state index contributed by atoms with van der Waals surface area (Å²) in [6.45, 7) is 2.84. The average molecular weight is 308 g/mol. The van der Waals surface area contributed by atoms with Crippen LogP contribution in [-0.2, 0) is 0 Å². The van der Waals surface area contributed by atoms with Gasteiger partial charge in [0.15, 0.2) is 5.82 Å². The highest BCUT2D eigenvalue weighted by molar-refractivity contribution is 6.31. The molecule has 0 atom stereocenters. The van der Waals surface area contributed by atoms with E-state index in [-0.39, 0.29) is 16.4 Å². The number of carbonyl (C=O) groups is 1. The minimum Gasteiger partial charge on any atom is -0.385 e. The fourth-order valence-corrected chi connectivity index (χ4v) is 1.90. The Labute approximate surface area is 127 Å². The van der Waals surface area contributed by atoms with Gasteiger partial charge in [0.25, 0.3) is 5.91 Å². The predicted molar refractivity (Wildman–Crippen MR) is 82.4 cm³/mol. The fraction of sp³-hybridized carbons (Fsp3) is 0.200. The van der Waals surface area contributed by atoms with Gasteiger partial charge in [-0.2, -0.15) is 0 Å². The first-order valence-electron chi connectivity index (χ1n) is 6.57. The van der Waals surface area contributed by atoms with Crippen molar-refractivity contribution in [1.82, 2.24) is 4.98 Å². The molecular weight excluding hydrogens is 293 g/mol. The van der Waals surface area contributed by atoms with Crippen molar-refractivity contribution >= 4 is 28.9 Å². The zero-order valence-corrected chi connectivity index (χ0v) is 12.2. The van der Waals surface area contributed by atoms with Gasteiger partial charge in [-0.15, -0.1) is 0 Å². The second kappa shape index (κ2) is 7.04. The van der Waals surface area contributed by atoms with E-state index < -0.39 is 11.7 Å². The number of aromatic nitrogens is 1. The molecule has 2 aromatic rings. The summed E-state index contributed by atoms with van der Waals surface area (Å²) in [5.74, 6) is -1.15. The molecule has 0 spiro atoms. The third-order valence-electron chi connectivity index (χ3n) is 2.77. The Morgan fingerprint density at radius 1 is 1.38 bits per heavy atom. The van der Waals surface area contributed by atoms with Gasteiger partial charge < -0.3 is 10.6 Å². The van der Waals surface area contributed by atoms with Crippen LogP contribution in [0.15, 0.2) is 36.5 Å². The van der Waals surface area contributed by atoms with Gasteiger partial charge in [0.05, 0.1) is 10.7 Å². The van der Waals surface area contributed by atoms with Crippen molar-refractivity contribution in [3.63, 3.8) is 0 Å². The third kappa shape index (κ3) is 3.92. The smallest absolute Gasteiger partial charge is 0.274 e. The van der Waals surface area contributed by atoms with Crippen molar-refractivity contribution in [2.45, 2.75) is 13.3 Å². The number of hydrogen-bond donors (Lipinski definition) is 2. The summed E-state index contributed by atoms with van der Waals surface area (Å²) in [4.78, 5) is 16.1. The molecule has 6 heteroatoms. The molecule has 21 heavy (non-hydrogen) atoms. The standard InChI is InChI=1S/C15H15ClFN3O/c1-2-7-18-10-6-8-19-13(9-10)15(21)20-12-5-3-4-11(16)14(12)17/h3-6,8-9H,2,7H2,1H3,(H,18,19)(H,20,21). The van der Waals surface area contributed by atoms with Gasteiger partial charge in [0, 0.05) is 18.4 Å². The number of rotatable bonds is 5. The highest BCUT2D eigenvalue weighted by atomic mass is 35.5. The number of carbonyl (C=O) groups excluding carboxylic acids is 1. The van der Waals surface area contributed by atoms with E-state index in [0.29, 0.717) is 0 Å². The Hall–Kier alpha value is -2.14. The number of nitrogens with one attached hydrogen (secondary N) is 2. The van der Waals surface area contributed by atoms with E-state index in [1.54, 1.807) is 18.2 Å². The minimum absolute atomic E-state index is 0.0289. The van der Waals surface area contributed by atoms with Crippen LogP contribution >= 0.6 is 11.6 Å². The Morgan fingerprint density at radius 2 is 2.19 bits per heavy atom. The molecule has 0 aliphatic carbocycles. The van der Waals surface area contributed by atoms with Crippen LogP contribution in [0.2, 0.25) is 5.02 Å². The van der Waals surface area contributed by atoms with E-state index in [9.17, 15) is 9.18 Å². The van der Waals surface area contributed by atoms with Gasteiger partial charge in [0.2, 0.25) is 0 Å². The van der Waals surface area contributed by atoms with Crippen molar-refractivity contribution in [2.24, 2.45) is 0 Å². The molecule has 110 valence electrons. The average Bonchev–Trinajstić information content (AvgIpc) is 2.50. The lowest BCUT2D eigenvalue weighted by atomic mass is 10.2. The molecular formula is C15H15ClFN3O. The molecule has 0 fully saturated rings. The SMILES string of the molecule is CCCNc1ccnc(C(=O)Nc2cccc(Cl)c2F)c1. The van der Waals surface area contributed by atoms with Gasteiger partial charge in [-0.3, -0.25) is 9.78 Å². The normalized spacial score (nSPS) is 10.2. The molecule has 1 aromatic heterocycles. The van der Waals surface area contributed by atoms with Crippen LogP contribution in [0.5, 0.6) is 0 Å². The summed E-state index contributed by atoms with van der Waals surface area (Å²) >= 11 is 5.67. The van der Waals surface area contributed by atoms with E-state index >= 15 is 0 Å². The summed E-state index contributed by atoms with van der Waals surface area (Å²) in [7, 11) is 0. The van der Waals surface area contributed by atoms with Crippen LogP contribution in [-0.4, -0.2) is 17.4 Å². The Bertz CT molecular complexity index is 649. The van der Waals surface area contributed by atoms with E-state index in [0.717, 1.165) is 18.7 Å². The number of pyridine rings is 1. The van der Waals surface area contributed by atoms with Gasteiger partial charge in [-0.1, -0.05) is 24.6 Å². The van der Waals surface area contributed by atoms with Crippen LogP contribution in [0.1, 0.15) is 23.8 Å². The lowest BCUT2D eigenvalue weighted by Gasteiger charge is -2.08. The third-order valence-corrected chi connectivity index (χ3v) is 3.06. The second-order valence-corrected chi connectivity index (χ2v) is 4.82. The summed E-state index contributed by atoms with van der Waals surface area (Å²) in [5.41, 5.74) is 1.03. The largest absolute Gasteiger partial charge is 0.385 e. The zero-order chi connectivity index (χ0) is 15.2. The molecule has 1 amide bonds. The number of halogens is 2. The Kier molecular flexibility index (Phi) is 5.11. The fourth-order valence-electron chi connectivity index (χ4n) is 1.72. The molecule has 0 aliphatic heterocycles. The maximum atomic E-state index is 13.7. The Balaban J connectivity index is 2.15. The van der Waals surface area contributed by atoms with Gasteiger partial charge >= 0.3 is 0 Å². The zero-order valence-electron chi connectivity index (χ0n) is 11.5. The lowest BCUT2D eigenvalue weighted by Crippen LogP contribution is -2.15. The molecule has 1 aromatic carbocycles. The molecule has 0 unspecified atom stereocenters. The predicted octanol–water partition coefficient (Wildman–Crippen LogP) is 3.95. The molecule has 0 radical (unpaired) electrons. The van der Waals surface area contributed by atoms with E-state index in [2.05, 4.69) is 15.6 Å². The first-order valence-corrected chi connectivity index (χ1v) is 6.95. The second-order valence-electron chi connectivity index (χ2n) is 4.41. The quantitative estimate of drug-likeness (QED) is 0.879. The van der Waals surface area contributed by atoms with Crippen LogP contribution in [0.3, 0.4) is 0 Å². The molecule has 0 aliphatic rings. The van der Waals surface area contributed by atoms with Crippen LogP contribution in [0, 0.1) is 5.82 Å². The maximum Gasteiger partial charge on any atom is 0.274 e. The van der Waals surface area contributed by atoms with Crippen molar-refractivity contribution in [1.29, 1.82) is 0 Å². The van der Waals surface area contributed by atoms with Crippen molar-refractivity contribution in [3.05, 3.63) is 53.1 Å². The van der Waals surface area contributed by atoms with E-state index in [1.165, 1.54) is 18.3 Å². The lowest BCUT2D eigenvalue weighted by molar-refractivity contribution is 0.102. The molecule has 0 bridgehead atoms. The van der Waals surface area contributed by atoms with Gasteiger partial charge in [-0.25, -0.2) is 4.39 Å². The highest BCUT2D eigenvalue weighted by Gasteiger charge is 2.12. The number of anilines is 2. The number of benzene rings is 1. The van der Waals surface area contributed by atoms with Crippen LogP contribution < -0.4 is 10.6 Å². The van der Waals surface area contributed by atoms with E-state index in [1.807, 2.05) is 6.92 Å².